The number of amides is 2. The molecule has 1 fully saturated rings. The largest absolute Gasteiger partial charge is 0.480 e. The number of piperidine rings is 1. The molecule has 0 aromatic heterocycles. The highest BCUT2D eigenvalue weighted by Gasteiger charge is 2.31. The standard InChI is InChI=1S/C12H20N2O6/c1-7(15)9(10(16)17)13-12(19)14-5-3-8(4-6-14)11(18)20-2/h7-9,15H,3-6H2,1-2H3,(H,13,19)(H,16,17)/t7-,9+/m1/s1. The SMILES string of the molecule is COC(=O)C1CCN(C(=O)N[C@H](C(=O)O)[C@@H](C)O)CC1. The Bertz CT molecular complexity index is 376. The number of rotatable bonds is 4. The Kier molecular flexibility index (Phi) is 5.75. The van der Waals surface area contributed by atoms with Crippen molar-refractivity contribution < 1.29 is 29.3 Å². The van der Waals surface area contributed by atoms with Gasteiger partial charge in [0.05, 0.1) is 19.1 Å². The van der Waals surface area contributed by atoms with E-state index in [4.69, 9.17) is 5.11 Å². The fraction of sp³-hybridized carbons (Fsp3) is 0.750. The van der Waals surface area contributed by atoms with Gasteiger partial charge in [-0.05, 0) is 19.8 Å². The number of esters is 1. The molecule has 0 radical (unpaired) electrons. The molecule has 1 saturated heterocycles. The molecule has 20 heavy (non-hydrogen) atoms. The number of aliphatic hydroxyl groups excluding tert-OH is 1. The second-order valence-corrected chi connectivity index (χ2v) is 4.79. The van der Waals surface area contributed by atoms with Crippen molar-refractivity contribution in [3.8, 4) is 0 Å². The Balaban J connectivity index is 2.50. The lowest BCUT2D eigenvalue weighted by Gasteiger charge is -2.31. The summed E-state index contributed by atoms with van der Waals surface area (Å²) in [4.78, 5) is 35.5. The molecule has 0 saturated carbocycles. The van der Waals surface area contributed by atoms with Gasteiger partial charge in [-0.3, -0.25) is 4.79 Å². The first-order valence-corrected chi connectivity index (χ1v) is 6.41. The number of carbonyl (C=O) groups is 3. The van der Waals surface area contributed by atoms with Crippen molar-refractivity contribution in [1.29, 1.82) is 0 Å². The van der Waals surface area contributed by atoms with Gasteiger partial charge in [0, 0.05) is 13.1 Å². The summed E-state index contributed by atoms with van der Waals surface area (Å²) < 4.78 is 4.64. The lowest BCUT2D eigenvalue weighted by molar-refractivity contribution is -0.146. The van der Waals surface area contributed by atoms with Crippen LogP contribution < -0.4 is 5.32 Å². The summed E-state index contributed by atoms with van der Waals surface area (Å²) >= 11 is 0. The normalized spacial score (nSPS) is 19.1. The van der Waals surface area contributed by atoms with Gasteiger partial charge in [0.15, 0.2) is 6.04 Å². The highest BCUT2D eigenvalue weighted by Crippen LogP contribution is 2.18. The number of hydrogen-bond acceptors (Lipinski definition) is 5. The van der Waals surface area contributed by atoms with Gasteiger partial charge >= 0.3 is 18.0 Å². The van der Waals surface area contributed by atoms with Crippen LogP contribution in [0.15, 0.2) is 0 Å². The summed E-state index contributed by atoms with van der Waals surface area (Å²) in [6.45, 7) is 1.98. The van der Waals surface area contributed by atoms with E-state index in [-0.39, 0.29) is 11.9 Å². The number of hydrogen-bond donors (Lipinski definition) is 3. The van der Waals surface area contributed by atoms with E-state index in [0.29, 0.717) is 25.9 Å². The predicted molar refractivity (Wildman–Crippen MR) is 67.9 cm³/mol. The summed E-state index contributed by atoms with van der Waals surface area (Å²) in [6, 6.07) is -1.90. The van der Waals surface area contributed by atoms with Gasteiger partial charge in [-0.25, -0.2) is 9.59 Å². The average molecular weight is 288 g/mol. The Morgan fingerprint density at radius 3 is 2.25 bits per heavy atom. The molecular weight excluding hydrogens is 268 g/mol. The predicted octanol–water partition coefficient (Wildman–Crippen LogP) is -0.585. The second kappa shape index (κ2) is 7.09. The second-order valence-electron chi connectivity index (χ2n) is 4.79. The first-order valence-electron chi connectivity index (χ1n) is 6.41. The van der Waals surface area contributed by atoms with E-state index in [9.17, 15) is 19.5 Å². The number of carbonyl (C=O) groups excluding carboxylic acids is 2. The maximum absolute atomic E-state index is 11.9. The van der Waals surface area contributed by atoms with Gasteiger partial charge < -0.3 is 25.2 Å². The maximum Gasteiger partial charge on any atom is 0.328 e. The molecule has 0 bridgehead atoms. The summed E-state index contributed by atoms with van der Waals surface area (Å²) in [7, 11) is 1.32. The Morgan fingerprint density at radius 2 is 1.85 bits per heavy atom. The molecule has 1 rings (SSSR count). The number of nitrogens with one attached hydrogen (secondary N) is 1. The van der Waals surface area contributed by atoms with Crippen molar-refractivity contribution in [3.05, 3.63) is 0 Å². The fourth-order valence-corrected chi connectivity index (χ4v) is 2.10. The first kappa shape index (κ1) is 16.2. The zero-order valence-electron chi connectivity index (χ0n) is 11.5. The number of ether oxygens (including phenoxy) is 1. The molecule has 0 aromatic carbocycles. The third kappa shape index (κ3) is 4.09. The van der Waals surface area contributed by atoms with Crippen LogP contribution in [0.2, 0.25) is 0 Å². The minimum atomic E-state index is -1.35. The van der Waals surface area contributed by atoms with Crippen molar-refractivity contribution >= 4 is 18.0 Å². The van der Waals surface area contributed by atoms with Crippen LogP contribution >= 0.6 is 0 Å². The van der Waals surface area contributed by atoms with Crippen LogP contribution in [0.1, 0.15) is 19.8 Å². The molecule has 0 spiro atoms. The van der Waals surface area contributed by atoms with E-state index in [1.807, 2.05) is 0 Å². The van der Waals surface area contributed by atoms with Gasteiger partial charge in [0.1, 0.15) is 0 Å². The van der Waals surface area contributed by atoms with E-state index < -0.39 is 24.1 Å². The Hall–Kier alpha value is -1.83. The minimum absolute atomic E-state index is 0.226. The third-order valence-corrected chi connectivity index (χ3v) is 3.34. The van der Waals surface area contributed by atoms with Crippen LogP contribution in [0.3, 0.4) is 0 Å². The van der Waals surface area contributed by atoms with E-state index >= 15 is 0 Å². The molecule has 2 amide bonds. The van der Waals surface area contributed by atoms with Crippen LogP contribution in [-0.2, 0) is 14.3 Å². The monoisotopic (exact) mass is 288 g/mol. The van der Waals surface area contributed by atoms with Crippen LogP contribution in [0.4, 0.5) is 4.79 Å². The quantitative estimate of drug-likeness (QED) is 0.596. The minimum Gasteiger partial charge on any atom is -0.480 e. The number of carboxylic acid groups (broad SMARTS) is 1. The van der Waals surface area contributed by atoms with Gasteiger partial charge in [-0.2, -0.15) is 0 Å². The lowest BCUT2D eigenvalue weighted by Crippen LogP contribution is -2.54. The number of methoxy groups -OCH3 is 1. The molecule has 0 aromatic rings. The molecule has 114 valence electrons. The molecule has 1 heterocycles. The molecule has 1 aliphatic heterocycles. The molecule has 8 heteroatoms. The lowest BCUT2D eigenvalue weighted by atomic mass is 9.97. The number of urea groups is 1. The number of likely N-dealkylation sites (tertiary alicyclic amines) is 1. The Labute approximate surface area is 116 Å². The number of aliphatic carboxylic acids is 1. The van der Waals surface area contributed by atoms with E-state index in [1.165, 1.54) is 18.9 Å². The van der Waals surface area contributed by atoms with Crippen LogP contribution in [0.25, 0.3) is 0 Å². The van der Waals surface area contributed by atoms with Gasteiger partial charge in [0.2, 0.25) is 0 Å². The fourth-order valence-electron chi connectivity index (χ4n) is 2.10. The van der Waals surface area contributed by atoms with Gasteiger partial charge in [-0.1, -0.05) is 0 Å². The smallest absolute Gasteiger partial charge is 0.328 e. The van der Waals surface area contributed by atoms with Crippen molar-refractivity contribution in [1.82, 2.24) is 10.2 Å². The summed E-state index contributed by atoms with van der Waals surface area (Å²) in [6.07, 6.45) is -0.233. The highest BCUT2D eigenvalue weighted by atomic mass is 16.5. The van der Waals surface area contributed by atoms with Crippen LogP contribution in [-0.4, -0.2) is 65.4 Å². The van der Waals surface area contributed by atoms with Gasteiger partial charge in [0.25, 0.3) is 0 Å². The summed E-state index contributed by atoms with van der Waals surface area (Å²) in [5.41, 5.74) is 0. The van der Waals surface area contributed by atoms with E-state index in [1.54, 1.807) is 0 Å². The number of aliphatic hydroxyl groups is 1. The maximum atomic E-state index is 11.9. The Morgan fingerprint density at radius 1 is 1.30 bits per heavy atom. The molecule has 0 unspecified atom stereocenters. The van der Waals surface area contributed by atoms with Crippen LogP contribution in [0, 0.1) is 5.92 Å². The number of nitrogens with zero attached hydrogens (tertiary/aromatic N) is 1. The molecule has 0 aliphatic carbocycles. The molecule has 8 nitrogen and oxygen atoms in total. The van der Waals surface area contributed by atoms with Gasteiger partial charge in [-0.15, -0.1) is 0 Å². The summed E-state index contributed by atoms with van der Waals surface area (Å²) in [5.74, 6) is -1.81. The highest BCUT2D eigenvalue weighted by molar-refractivity contribution is 5.83. The number of carboxylic acids is 1. The van der Waals surface area contributed by atoms with E-state index in [2.05, 4.69) is 10.1 Å². The zero-order chi connectivity index (χ0) is 15.3. The molecule has 1 aliphatic rings. The topological polar surface area (TPSA) is 116 Å². The van der Waals surface area contributed by atoms with E-state index in [0.717, 1.165) is 0 Å². The zero-order valence-corrected chi connectivity index (χ0v) is 11.5. The molecular formula is C12H20N2O6. The van der Waals surface area contributed by atoms with Crippen molar-refractivity contribution in [2.24, 2.45) is 5.92 Å². The molecule has 2 atom stereocenters. The van der Waals surface area contributed by atoms with Crippen molar-refractivity contribution in [2.75, 3.05) is 20.2 Å². The third-order valence-electron chi connectivity index (χ3n) is 3.34. The average Bonchev–Trinajstić information content (AvgIpc) is 2.43. The summed E-state index contributed by atoms with van der Waals surface area (Å²) in [5, 5.41) is 20.4. The van der Waals surface area contributed by atoms with Crippen molar-refractivity contribution in [3.63, 3.8) is 0 Å². The first-order chi connectivity index (χ1) is 9.36. The van der Waals surface area contributed by atoms with Crippen LogP contribution in [0.5, 0.6) is 0 Å². The molecule has 3 N–H and O–H groups in total. The van der Waals surface area contributed by atoms with Crippen molar-refractivity contribution in [2.45, 2.75) is 31.9 Å².